The van der Waals surface area contributed by atoms with Gasteiger partial charge in [0.25, 0.3) is 0 Å². The molecule has 11 heteroatoms. The van der Waals surface area contributed by atoms with Crippen LogP contribution in [0.3, 0.4) is 0 Å². The Morgan fingerprint density at radius 2 is 1.92 bits per heavy atom. The van der Waals surface area contributed by atoms with E-state index in [2.05, 4.69) is 20.3 Å². The molecule has 0 spiro atoms. The van der Waals surface area contributed by atoms with Crippen molar-refractivity contribution in [3.8, 4) is 17.3 Å². The number of methoxy groups -OCH3 is 3. The third kappa shape index (κ3) is 5.10. The highest BCUT2D eigenvalue weighted by Gasteiger charge is 2.24. The van der Waals surface area contributed by atoms with Crippen LogP contribution in [0.1, 0.15) is 34.0 Å². The van der Waals surface area contributed by atoms with Crippen molar-refractivity contribution in [3.05, 3.63) is 93.3 Å². The summed E-state index contributed by atoms with van der Waals surface area (Å²) in [6.07, 6.45) is 2.02. The Morgan fingerprint density at radius 3 is 2.53 bits per heavy atom. The number of nitrogens with zero attached hydrogens (tertiary/aromatic N) is 4. The minimum atomic E-state index is -0.431. The largest absolute Gasteiger partial charge is 0.493 e. The first-order chi connectivity index (χ1) is 17.4. The van der Waals surface area contributed by atoms with E-state index in [9.17, 15) is 4.79 Å². The second-order valence-corrected chi connectivity index (χ2v) is 8.02. The van der Waals surface area contributed by atoms with Gasteiger partial charge < -0.3 is 19.9 Å². The molecule has 0 aliphatic rings. The predicted molar refractivity (Wildman–Crippen MR) is 133 cm³/mol. The van der Waals surface area contributed by atoms with Crippen LogP contribution < -0.4 is 20.9 Å². The molecule has 4 N–H and O–H groups in total. The number of aromatic amines is 1. The molecular weight excluding hydrogens is 462 g/mol. The Morgan fingerprint density at radius 1 is 1.14 bits per heavy atom. The van der Waals surface area contributed by atoms with Crippen LogP contribution in [-0.4, -0.2) is 52.1 Å². The van der Waals surface area contributed by atoms with E-state index in [4.69, 9.17) is 25.4 Å². The summed E-state index contributed by atoms with van der Waals surface area (Å²) in [6.45, 7) is 0.304. The van der Waals surface area contributed by atoms with Crippen molar-refractivity contribution < 1.29 is 14.2 Å². The molecule has 4 rings (SSSR count). The van der Waals surface area contributed by atoms with Gasteiger partial charge in [0, 0.05) is 30.4 Å². The Balaban J connectivity index is 1.84. The van der Waals surface area contributed by atoms with Gasteiger partial charge in [0.2, 0.25) is 0 Å². The van der Waals surface area contributed by atoms with E-state index in [-0.39, 0.29) is 11.8 Å². The van der Waals surface area contributed by atoms with Gasteiger partial charge >= 0.3 is 5.69 Å². The predicted octanol–water partition coefficient (Wildman–Crippen LogP) is 2.17. The summed E-state index contributed by atoms with van der Waals surface area (Å²) in [4.78, 5) is 15.7. The van der Waals surface area contributed by atoms with Gasteiger partial charge in [-0.3, -0.25) is 10.4 Å². The van der Waals surface area contributed by atoms with E-state index in [0.29, 0.717) is 41.7 Å². The van der Waals surface area contributed by atoms with Gasteiger partial charge in [-0.25, -0.2) is 4.79 Å². The molecular formula is C25H27N7O4. The van der Waals surface area contributed by atoms with Gasteiger partial charge in [-0.15, -0.1) is 10.2 Å². The summed E-state index contributed by atoms with van der Waals surface area (Å²) in [5, 5.41) is 20.1. The molecule has 2 aromatic heterocycles. The maximum Gasteiger partial charge on any atom is 0.349 e. The highest BCUT2D eigenvalue weighted by atomic mass is 16.5. The number of nitrogens with two attached hydrogens (primary N) is 1. The molecule has 0 fully saturated rings. The third-order valence-electron chi connectivity index (χ3n) is 5.73. The van der Waals surface area contributed by atoms with Crippen LogP contribution in [0, 0.1) is 5.41 Å². The molecule has 0 aliphatic heterocycles. The van der Waals surface area contributed by atoms with E-state index < -0.39 is 5.69 Å². The van der Waals surface area contributed by atoms with E-state index in [1.165, 1.54) is 10.9 Å². The van der Waals surface area contributed by atoms with Crippen LogP contribution in [0.2, 0.25) is 0 Å². The quantitative estimate of drug-likeness (QED) is 0.226. The number of benzene rings is 2. The van der Waals surface area contributed by atoms with Crippen molar-refractivity contribution >= 4 is 5.84 Å². The zero-order valence-electron chi connectivity index (χ0n) is 20.2. The number of rotatable bonds is 10. The first-order valence-corrected chi connectivity index (χ1v) is 11.1. The van der Waals surface area contributed by atoms with Crippen molar-refractivity contribution in [3.63, 3.8) is 0 Å². The molecule has 1 atom stereocenters. The highest BCUT2D eigenvalue weighted by molar-refractivity contribution is 5.94. The summed E-state index contributed by atoms with van der Waals surface area (Å²) in [5.74, 6) is 1.49. The number of amidine groups is 1. The van der Waals surface area contributed by atoms with Crippen molar-refractivity contribution in [1.29, 1.82) is 5.41 Å². The van der Waals surface area contributed by atoms with Crippen molar-refractivity contribution in [2.24, 2.45) is 5.73 Å². The summed E-state index contributed by atoms with van der Waals surface area (Å²) >= 11 is 0. The maximum atomic E-state index is 12.8. The number of hydrogen-bond acceptors (Lipinski definition) is 8. The molecule has 186 valence electrons. The molecule has 0 saturated carbocycles. The van der Waals surface area contributed by atoms with Crippen LogP contribution in [0.4, 0.5) is 0 Å². The van der Waals surface area contributed by atoms with Gasteiger partial charge in [-0.1, -0.05) is 24.3 Å². The monoisotopic (exact) mass is 489 g/mol. The maximum absolute atomic E-state index is 12.8. The lowest BCUT2D eigenvalue weighted by molar-refractivity contribution is 0.180. The molecule has 2 heterocycles. The highest BCUT2D eigenvalue weighted by Crippen LogP contribution is 2.37. The number of aromatic nitrogens is 5. The molecule has 2 aromatic carbocycles. The molecule has 0 amide bonds. The molecule has 0 bridgehead atoms. The van der Waals surface area contributed by atoms with Crippen molar-refractivity contribution in [1.82, 2.24) is 25.0 Å². The molecule has 36 heavy (non-hydrogen) atoms. The number of hydrogen-bond donors (Lipinski definition) is 3. The molecule has 4 aromatic rings. The minimum Gasteiger partial charge on any atom is -0.493 e. The van der Waals surface area contributed by atoms with Crippen LogP contribution in [-0.2, 0) is 17.8 Å². The second-order valence-electron chi connectivity index (χ2n) is 8.02. The molecule has 1 unspecified atom stereocenters. The first kappa shape index (κ1) is 24.6. The van der Waals surface area contributed by atoms with E-state index >= 15 is 0 Å². The van der Waals surface area contributed by atoms with Crippen LogP contribution in [0.5, 0.6) is 11.5 Å². The van der Waals surface area contributed by atoms with Crippen molar-refractivity contribution in [2.45, 2.75) is 18.9 Å². The van der Waals surface area contributed by atoms with E-state index in [0.717, 1.165) is 16.7 Å². The Bertz CT molecular complexity index is 1400. The van der Waals surface area contributed by atoms with Gasteiger partial charge in [-0.05, 0) is 41.8 Å². The lowest BCUT2D eigenvalue weighted by Crippen LogP contribution is -2.17. The minimum absolute atomic E-state index is 0.00533. The molecule has 0 aliphatic carbocycles. The summed E-state index contributed by atoms with van der Waals surface area (Å²) in [6, 6.07) is 14.5. The van der Waals surface area contributed by atoms with E-state index in [1.54, 1.807) is 45.6 Å². The summed E-state index contributed by atoms with van der Waals surface area (Å²) in [7, 11) is 4.75. The number of nitrogens with one attached hydrogen (secondary N) is 2. The van der Waals surface area contributed by atoms with Crippen LogP contribution >= 0.6 is 0 Å². The SMILES string of the molecule is COCc1cc(C(Cc2ccc(C(=N)N)cc2)c2nn(-c3cccnn3)c(=O)[nH]2)cc(OC)c1OC. The number of nitrogen functional groups attached to an aromatic ring is 1. The number of H-pyrrole nitrogens is 1. The molecule has 0 radical (unpaired) electrons. The lowest BCUT2D eigenvalue weighted by Gasteiger charge is -2.20. The average molecular weight is 490 g/mol. The fraction of sp³-hybridized carbons (Fsp3) is 0.240. The van der Waals surface area contributed by atoms with E-state index in [1.807, 2.05) is 24.3 Å². The zero-order valence-corrected chi connectivity index (χ0v) is 20.2. The summed E-state index contributed by atoms with van der Waals surface area (Å²) in [5.41, 5.74) is 8.40. The first-order valence-electron chi connectivity index (χ1n) is 11.1. The molecule has 0 saturated heterocycles. The van der Waals surface area contributed by atoms with Crippen LogP contribution in [0.25, 0.3) is 5.82 Å². The fourth-order valence-electron chi connectivity index (χ4n) is 4.02. The second kappa shape index (κ2) is 10.8. The normalized spacial score (nSPS) is 11.8. The Hall–Kier alpha value is -4.51. The average Bonchev–Trinajstić information content (AvgIpc) is 3.28. The third-order valence-corrected chi connectivity index (χ3v) is 5.73. The number of ether oxygens (including phenoxy) is 3. The zero-order chi connectivity index (χ0) is 25.7. The summed E-state index contributed by atoms with van der Waals surface area (Å²) < 4.78 is 17.7. The Labute approximate surface area is 207 Å². The Kier molecular flexibility index (Phi) is 7.40. The topological polar surface area (TPSA) is 154 Å². The van der Waals surface area contributed by atoms with Gasteiger partial charge in [0.05, 0.1) is 20.8 Å². The van der Waals surface area contributed by atoms with Gasteiger partial charge in [-0.2, -0.15) is 9.78 Å². The lowest BCUT2D eigenvalue weighted by atomic mass is 9.89. The smallest absolute Gasteiger partial charge is 0.349 e. The standard InChI is InChI=1S/C25H27N7O4/c1-34-14-18-12-17(13-20(35-2)22(18)36-3)19(11-15-6-8-16(9-7-15)23(26)27)24-29-25(33)32(31-24)21-5-4-10-28-30-21/h4-10,12-13,19H,11,14H2,1-3H3,(H3,26,27)(H,29,31,33). The van der Waals surface area contributed by atoms with Gasteiger partial charge in [0.1, 0.15) is 11.7 Å². The van der Waals surface area contributed by atoms with Gasteiger partial charge in [0.15, 0.2) is 17.3 Å². The van der Waals surface area contributed by atoms with Crippen molar-refractivity contribution in [2.75, 3.05) is 21.3 Å². The fourth-order valence-corrected chi connectivity index (χ4v) is 4.02. The molecule has 11 nitrogen and oxygen atoms in total. The van der Waals surface area contributed by atoms with Crippen LogP contribution in [0.15, 0.2) is 59.5 Å².